The highest BCUT2D eigenvalue weighted by atomic mass is 16.7. The Bertz CT molecular complexity index is 563. The molecule has 88 valence electrons. The molecule has 3 rings (SSSR count). The van der Waals surface area contributed by atoms with Crippen LogP contribution in [0.4, 0.5) is 0 Å². The van der Waals surface area contributed by atoms with Crippen LogP contribution in [0, 0.1) is 6.92 Å². The number of benzene rings is 1. The molecule has 17 heavy (non-hydrogen) atoms. The molecule has 0 radical (unpaired) electrons. The monoisotopic (exact) mass is 232 g/mol. The highest BCUT2D eigenvalue weighted by Gasteiger charge is 2.18. The number of fused-ring (bicyclic) bond motifs is 1. The lowest BCUT2D eigenvalue weighted by Crippen LogP contribution is -1.98. The van der Waals surface area contributed by atoms with Gasteiger partial charge in [-0.2, -0.15) is 0 Å². The van der Waals surface area contributed by atoms with E-state index in [1.807, 2.05) is 25.1 Å². The molecule has 0 atom stereocenters. The van der Waals surface area contributed by atoms with Crippen molar-refractivity contribution >= 4 is 0 Å². The van der Waals surface area contributed by atoms with Gasteiger partial charge in [0.15, 0.2) is 11.5 Å². The average molecular weight is 232 g/mol. The fraction of sp³-hybridized carbons (Fsp3) is 0.250. The summed E-state index contributed by atoms with van der Waals surface area (Å²) in [4.78, 5) is 0. The van der Waals surface area contributed by atoms with Gasteiger partial charge in [0.05, 0.1) is 0 Å². The molecule has 0 unspecified atom stereocenters. The van der Waals surface area contributed by atoms with Gasteiger partial charge in [-0.3, -0.25) is 0 Å². The van der Waals surface area contributed by atoms with Crippen LogP contribution in [-0.2, 0) is 6.54 Å². The van der Waals surface area contributed by atoms with Crippen molar-refractivity contribution in [1.82, 2.24) is 5.16 Å². The van der Waals surface area contributed by atoms with Gasteiger partial charge < -0.3 is 19.7 Å². The van der Waals surface area contributed by atoms with E-state index < -0.39 is 0 Å². The van der Waals surface area contributed by atoms with E-state index in [9.17, 15) is 0 Å². The summed E-state index contributed by atoms with van der Waals surface area (Å²) in [7, 11) is 0. The van der Waals surface area contributed by atoms with Gasteiger partial charge in [0.2, 0.25) is 6.79 Å². The van der Waals surface area contributed by atoms with E-state index in [-0.39, 0.29) is 6.79 Å². The molecule has 0 saturated carbocycles. The Labute approximate surface area is 98.1 Å². The molecule has 0 aliphatic carbocycles. The molecule has 5 heteroatoms. The van der Waals surface area contributed by atoms with E-state index in [2.05, 4.69) is 5.16 Å². The van der Waals surface area contributed by atoms with Gasteiger partial charge in [-0.15, -0.1) is 0 Å². The summed E-state index contributed by atoms with van der Waals surface area (Å²) in [6.45, 7) is 2.52. The van der Waals surface area contributed by atoms with Crippen molar-refractivity contribution in [3.63, 3.8) is 0 Å². The molecule has 0 fully saturated rings. The summed E-state index contributed by atoms with van der Waals surface area (Å²) < 4.78 is 15.7. The third-order valence-electron chi connectivity index (χ3n) is 2.83. The van der Waals surface area contributed by atoms with E-state index in [1.165, 1.54) is 0 Å². The Morgan fingerprint density at radius 1 is 1.29 bits per heavy atom. The van der Waals surface area contributed by atoms with Crippen LogP contribution < -0.4 is 15.2 Å². The van der Waals surface area contributed by atoms with Crippen molar-refractivity contribution in [3.05, 3.63) is 29.5 Å². The molecule has 0 saturated heterocycles. The van der Waals surface area contributed by atoms with E-state index in [1.54, 1.807) is 0 Å². The molecule has 1 aliphatic heterocycles. The molecule has 2 N–H and O–H groups in total. The van der Waals surface area contributed by atoms with E-state index in [4.69, 9.17) is 19.7 Å². The standard InChI is InChI=1S/C12H12N2O3/c1-7-9(5-13)12(14-17-7)8-2-3-10-11(4-8)16-6-15-10/h2-4H,5-6,13H2,1H3. The molecule has 1 aromatic carbocycles. The molecule has 0 bridgehead atoms. The lowest BCUT2D eigenvalue weighted by Gasteiger charge is -2.01. The normalized spacial score (nSPS) is 13.1. The molecule has 2 aromatic rings. The van der Waals surface area contributed by atoms with Crippen LogP contribution in [0.15, 0.2) is 22.7 Å². The van der Waals surface area contributed by atoms with Gasteiger partial charge in [0, 0.05) is 17.7 Å². The lowest BCUT2D eigenvalue weighted by atomic mass is 10.1. The smallest absolute Gasteiger partial charge is 0.231 e. The van der Waals surface area contributed by atoms with Crippen molar-refractivity contribution in [2.24, 2.45) is 5.73 Å². The SMILES string of the molecule is Cc1onc(-c2ccc3c(c2)OCO3)c1CN. The van der Waals surface area contributed by atoms with Gasteiger partial charge in [-0.25, -0.2) is 0 Å². The quantitative estimate of drug-likeness (QED) is 0.855. The zero-order valence-electron chi connectivity index (χ0n) is 9.40. The molecule has 1 aliphatic rings. The number of hydrogen-bond donors (Lipinski definition) is 1. The van der Waals surface area contributed by atoms with Crippen LogP contribution in [0.1, 0.15) is 11.3 Å². The Balaban J connectivity index is 2.09. The maximum atomic E-state index is 5.69. The molecule has 5 nitrogen and oxygen atoms in total. The number of ether oxygens (including phenoxy) is 2. The van der Waals surface area contributed by atoms with Crippen LogP contribution in [0.25, 0.3) is 11.3 Å². The van der Waals surface area contributed by atoms with Crippen LogP contribution >= 0.6 is 0 Å². The molecule has 0 amide bonds. The minimum atomic E-state index is 0.264. The van der Waals surface area contributed by atoms with E-state index in [0.29, 0.717) is 6.54 Å². The molecule has 2 heterocycles. The number of rotatable bonds is 2. The number of aryl methyl sites for hydroxylation is 1. The fourth-order valence-corrected chi connectivity index (χ4v) is 1.90. The first-order chi connectivity index (χ1) is 8.29. The Morgan fingerprint density at radius 2 is 2.12 bits per heavy atom. The maximum Gasteiger partial charge on any atom is 0.231 e. The second-order valence-electron chi connectivity index (χ2n) is 3.84. The number of nitrogens with two attached hydrogens (primary N) is 1. The summed E-state index contributed by atoms with van der Waals surface area (Å²) in [6, 6.07) is 5.67. The number of hydrogen-bond acceptors (Lipinski definition) is 5. The predicted octanol–water partition coefficient (Wildman–Crippen LogP) is 1.84. The lowest BCUT2D eigenvalue weighted by molar-refractivity contribution is 0.174. The molecular formula is C12H12N2O3. The Hall–Kier alpha value is -2.01. The number of aromatic nitrogens is 1. The first-order valence-corrected chi connectivity index (χ1v) is 5.35. The number of nitrogens with zero attached hydrogens (tertiary/aromatic N) is 1. The molecular weight excluding hydrogens is 220 g/mol. The van der Waals surface area contributed by atoms with Crippen molar-refractivity contribution in [1.29, 1.82) is 0 Å². The molecule has 1 aromatic heterocycles. The maximum absolute atomic E-state index is 5.69. The Kier molecular flexibility index (Phi) is 2.26. The fourth-order valence-electron chi connectivity index (χ4n) is 1.90. The minimum Gasteiger partial charge on any atom is -0.454 e. The van der Waals surface area contributed by atoms with Gasteiger partial charge in [-0.05, 0) is 25.1 Å². The van der Waals surface area contributed by atoms with Crippen molar-refractivity contribution in [2.45, 2.75) is 13.5 Å². The highest BCUT2D eigenvalue weighted by molar-refractivity contribution is 5.67. The third kappa shape index (κ3) is 1.55. The van der Waals surface area contributed by atoms with Gasteiger partial charge in [-0.1, -0.05) is 5.16 Å². The van der Waals surface area contributed by atoms with Gasteiger partial charge in [0.1, 0.15) is 11.5 Å². The van der Waals surface area contributed by atoms with E-state index >= 15 is 0 Å². The highest BCUT2D eigenvalue weighted by Crippen LogP contribution is 2.36. The summed E-state index contributed by atoms with van der Waals surface area (Å²) in [6.07, 6.45) is 0. The summed E-state index contributed by atoms with van der Waals surface area (Å²) in [5.41, 5.74) is 8.30. The van der Waals surface area contributed by atoms with Crippen LogP contribution in [0.2, 0.25) is 0 Å². The zero-order valence-corrected chi connectivity index (χ0v) is 9.40. The average Bonchev–Trinajstić information content (AvgIpc) is 2.93. The minimum absolute atomic E-state index is 0.264. The van der Waals surface area contributed by atoms with Crippen LogP contribution in [0.3, 0.4) is 0 Å². The zero-order chi connectivity index (χ0) is 11.8. The van der Waals surface area contributed by atoms with Crippen molar-refractivity contribution in [2.75, 3.05) is 6.79 Å². The van der Waals surface area contributed by atoms with Crippen molar-refractivity contribution < 1.29 is 14.0 Å². The van der Waals surface area contributed by atoms with Crippen molar-refractivity contribution in [3.8, 4) is 22.8 Å². The first-order valence-electron chi connectivity index (χ1n) is 5.35. The predicted molar refractivity (Wildman–Crippen MR) is 60.7 cm³/mol. The van der Waals surface area contributed by atoms with Crippen LogP contribution in [0.5, 0.6) is 11.5 Å². The second-order valence-corrected chi connectivity index (χ2v) is 3.84. The summed E-state index contributed by atoms with van der Waals surface area (Å²) in [5, 5.41) is 4.03. The van der Waals surface area contributed by atoms with Crippen LogP contribution in [-0.4, -0.2) is 11.9 Å². The van der Waals surface area contributed by atoms with Gasteiger partial charge in [0.25, 0.3) is 0 Å². The Morgan fingerprint density at radius 3 is 2.94 bits per heavy atom. The molecule has 0 spiro atoms. The largest absolute Gasteiger partial charge is 0.454 e. The third-order valence-corrected chi connectivity index (χ3v) is 2.83. The topological polar surface area (TPSA) is 70.5 Å². The van der Waals surface area contributed by atoms with E-state index in [0.717, 1.165) is 34.1 Å². The summed E-state index contributed by atoms with van der Waals surface area (Å²) >= 11 is 0. The van der Waals surface area contributed by atoms with Gasteiger partial charge >= 0.3 is 0 Å². The summed E-state index contributed by atoms with van der Waals surface area (Å²) in [5.74, 6) is 2.23. The first kappa shape index (κ1) is 10.2. The second kappa shape index (κ2) is 3.78.